The summed E-state index contributed by atoms with van der Waals surface area (Å²) in [5.41, 5.74) is 3.28. The summed E-state index contributed by atoms with van der Waals surface area (Å²) in [4.78, 5) is 0. The van der Waals surface area contributed by atoms with Crippen molar-refractivity contribution in [3.8, 4) is 11.8 Å². The molecule has 2 unspecified atom stereocenters. The van der Waals surface area contributed by atoms with E-state index >= 15 is 0 Å². The summed E-state index contributed by atoms with van der Waals surface area (Å²) in [6.45, 7) is 4.09. The van der Waals surface area contributed by atoms with Gasteiger partial charge in [-0.1, -0.05) is 36.4 Å². The monoisotopic (exact) mass is 316 g/mol. The molecule has 0 aliphatic heterocycles. The van der Waals surface area contributed by atoms with E-state index in [0.717, 1.165) is 22.4 Å². The molecule has 0 aliphatic carbocycles. The molecule has 4 heteroatoms. The summed E-state index contributed by atoms with van der Waals surface area (Å²) in [6.07, 6.45) is 0. The van der Waals surface area contributed by atoms with E-state index in [-0.39, 0.29) is 24.5 Å². The molecule has 0 aromatic heterocycles. The van der Waals surface area contributed by atoms with Gasteiger partial charge in [0.25, 0.3) is 0 Å². The van der Waals surface area contributed by atoms with Crippen molar-refractivity contribution in [3.63, 3.8) is 0 Å². The topological polar surface area (TPSA) is 45.0 Å². The van der Waals surface area contributed by atoms with E-state index in [4.69, 9.17) is 4.74 Å². The molecule has 2 atom stereocenters. The Morgan fingerprint density at radius 2 is 1.73 bits per heavy atom. The van der Waals surface area contributed by atoms with E-state index in [1.54, 1.807) is 7.11 Å². The molecule has 2 rings (SSSR count). The van der Waals surface area contributed by atoms with Gasteiger partial charge in [-0.2, -0.15) is 5.26 Å². The molecule has 116 valence electrons. The lowest BCUT2D eigenvalue weighted by Gasteiger charge is -2.20. The van der Waals surface area contributed by atoms with Crippen LogP contribution in [0.5, 0.6) is 5.75 Å². The van der Waals surface area contributed by atoms with Crippen LogP contribution >= 0.6 is 12.4 Å². The van der Waals surface area contributed by atoms with Crippen molar-refractivity contribution >= 4 is 12.4 Å². The Labute approximate surface area is 138 Å². The molecule has 0 saturated heterocycles. The third-order valence-corrected chi connectivity index (χ3v) is 3.66. The van der Waals surface area contributed by atoms with E-state index in [2.05, 4.69) is 18.3 Å². The molecule has 3 nitrogen and oxygen atoms in total. The largest absolute Gasteiger partial charge is 0.497 e. The Morgan fingerprint density at radius 3 is 2.27 bits per heavy atom. The highest BCUT2D eigenvalue weighted by Crippen LogP contribution is 2.23. The Balaban J connectivity index is 0.00000242. The van der Waals surface area contributed by atoms with Crippen molar-refractivity contribution in [2.75, 3.05) is 7.11 Å². The van der Waals surface area contributed by atoms with Gasteiger partial charge >= 0.3 is 0 Å². The lowest BCUT2D eigenvalue weighted by Crippen LogP contribution is -2.24. The third kappa shape index (κ3) is 4.24. The molecule has 0 aliphatic rings. The number of rotatable bonds is 5. The van der Waals surface area contributed by atoms with Gasteiger partial charge in [-0.25, -0.2) is 0 Å². The van der Waals surface area contributed by atoms with Crippen molar-refractivity contribution in [2.45, 2.75) is 25.9 Å². The first-order chi connectivity index (χ1) is 10.2. The lowest BCUT2D eigenvalue weighted by atomic mass is 10.00. The Hall–Kier alpha value is -2.02. The Bertz CT molecular complexity index is 634. The maximum absolute atomic E-state index is 9.45. The number of nitriles is 1. The van der Waals surface area contributed by atoms with Gasteiger partial charge in [-0.15, -0.1) is 12.4 Å². The van der Waals surface area contributed by atoms with Gasteiger partial charge in [0.05, 0.1) is 13.2 Å². The van der Waals surface area contributed by atoms with Gasteiger partial charge in [0.1, 0.15) is 11.8 Å². The fraction of sp³-hybridized carbons (Fsp3) is 0.278. The summed E-state index contributed by atoms with van der Waals surface area (Å²) in [7, 11) is 1.65. The molecule has 2 aromatic rings. The fourth-order valence-electron chi connectivity index (χ4n) is 2.35. The van der Waals surface area contributed by atoms with Crippen molar-refractivity contribution in [3.05, 3.63) is 65.2 Å². The molecular weight excluding hydrogens is 296 g/mol. The standard InChI is InChI=1S/C18H20N2O.ClH/c1-13-6-4-5-7-17(13)18(12-19)20-14(2)15-8-10-16(21-3)11-9-15;/h4-11,14,18,20H,1-3H3;1H. The minimum Gasteiger partial charge on any atom is -0.497 e. The van der Waals surface area contributed by atoms with Crippen LogP contribution in [0, 0.1) is 18.3 Å². The number of aryl methyl sites for hydroxylation is 1. The van der Waals surface area contributed by atoms with Gasteiger partial charge in [0.15, 0.2) is 0 Å². The van der Waals surface area contributed by atoms with Gasteiger partial charge < -0.3 is 4.74 Å². The smallest absolute Gasteiger partial charge is 0.122 e. The summed E-state index contributed by atoms with van der Waals surface area (Å²) >= 11 is 0. The Morgan fingerprint density at radius 1 is 1.09 bits per heavy atom. The molecule has 0 bridgehead atoms. The third-order valence-electron chi connectivity index (χ3n) is 3.66. The summed E-state index contributed by atoms with van der Waals surface area (Å²) in [5, 5.41) is 12.8. The van der Waals surface area contributed by atoms with Crippen LogP contribution in [0.4, 0.5) is 0 Å². The van der Waals surface area contributed by atoms with Gasteiger partial charge in [-0.05, 0) is 42.7 Å². The number of methoxy groups -OCH3 is 1. The SMILES string of the molecule is COc1ccc(C(C)NC(C#N)c2ccccc2C)cc1.Cl. The quantitative estimate of drug-likeness (QED) is 0.892. The zero-order valence-electron chi connectivity index (χ0n) is 13.0. The number of nitrogens with one attached hydrogen (secondary N) is 1. The molecule has 0 fully saturated rings. The van der Waals surface area contributed by atoms with Crippen molar-refractivity contribution in [1.82, 2.24) is 5.32 Å². The van der Waals surface area contributed by atoms with E-state index in [0.29, 0.717) is 0 Å². The average Bonchev–Trinajstić information content (AvgIpc) is 2.53. The highest BCUT2D eigenvalue weighted by atomic mass is 35.5. The number of benzene rings is 2. The molecule has 0 heterocycles. The van der Waals surface area contributed by atoms with E-state index in [9.17, 15) is 5.26 Å². The summed E-state index contributed by atoms with van der Waals surface area (Å²) in [5.74, 6) is 0.835. The number of halogens is 1. The molecule has 0 saturated carbocycles. The van der Waals surface area contributed by atoms with Crippen LogP contribution < -0.4 is 10.1 Å². The summed E-state index contributed by atoms with van der Waals surface area (Å²) < 4.78 is 5.16. The zero-order chi connectivity index (χ0) is 15.2. The second kappa shape index (κ2) is 8.43. The Kier molecular flexibility index (Phi) is 6.91. The van der Waals surface area contributed by atoms with Crippen LogP contribution in [-0.4, -0.2) is 7.11 Å². The van der Waals surface area contributed by atoms with E-state index in [1.807, 2.05) is 55.5 Å². The van der Waals surface area contributed by atoms with Gasteiger partial charge in [0, 0.05) is 6.04 Å². The molecule has 1 N–H and O–H groups in total. The molecule has 0 radical (unpaired) electrons. The maximum Gasteiger partial charge on any atom is 0.122 e. The van der Waals surface area contributed by atoms with Crippen LogP contribution in [0.1, 0.15) is 35.7 Å². The first-order valence-corrected chi connectivity index (χ1v) is 7.01. The van der Waals surface area contributed by atoms with Crippen molar-refractivity contribution in [1.29, 1.82) is 5.26 Å². The van der Waals surface area contributed by atoms with Crippen LogP contribution in [-0.2, 0) is 0 Å². The molecule has 2 aromatic carbocycles. The van der Waals surface area contributed by atoms with Crippen LogP contribution in [0.15, 0.2) is 48.5 Å². The highest BCUT2D eigenvalue weighted by Gasteiger charge is 2.16. The molecular formula is C18H21ClN2O. The van der Waals surface area contributed by atoms with Crippen LogP contribution in [0.25, 0.3) is 0 Å². The number of nitrogens with zero attached hydrogens (tertiary/aromatic N) is 1. The number of hydrogen-bond acceptors (Lipinski definition) is 3. The average molecular weight is 317 g/mol. The first kappa shape index (κ1) is 18.0. The predicted octanol–water partition coefficient (Wildman–Crippen LogP) is 4.34. The van der Waals surface area contributed by atoms with E-state index < -0.39 is 0 Å². The molecule has 0 amide bonds. The highest BCUT2D eigenvalue weighted by molar-refractivity contribution is 5.85. The zero-order valence-corrected chi connectivity index (χ0v) is 13.9. The van der Waals surface area contributed by atoms with Gasteiger partial charge in [-0.3, -0.25) is 5.32 Å². The van der Waals surface area contributed by atoms with Crippen molar-refractivity contribution in [2.24, 2.45) is 0 Å². The second-order valence-electron chi connectivity index (χ2n) is 5.08. The minimum atomic E-state index is -0.316. The van der Waals surface area contributed by atoms with Gasteiger partial charge in [0.2, 0.25) is 0 Å². The molecule has 22 heavy (non-hydrogen) atoms. The minimum absolute atomic E-state index is 0. The fourth-order valence-corrected chi connectivity index (χ4v) is 2.35. The maximum atomic E-state index is 9.45. The summed E-state index contributed by atoms with van der Waals surface area (Å²) in [6, 6.07) is 18.0. The predicted molar refractivity (Wildman–Crippen MR) is 91.3 cm³/mol. The molecule has 0 spiro atoms. The number of ether oxygens (including phenoxy) is 1. The van der Waals surface area contributed by atoms with E-state index in [1.165, 1.54) is 0 Å². The van der Waals surface area contributed by atoms with Crippen LogP contribution in [0.2, 0.25) is 0 Å². The first-order valence-electron chi connectivity index (χ1n) is 7.01. The number of hydrogen-bond donors (Lipinski definition) is 1. The second-order valence-corrected chi connectivity index (χ2v) is 5.08. The lowest BCUT2D eigenvalue weighted by molar-refractivity contribution is 0.414. The van der Waals surface area contributed by atoms with Crippen LogP contribution in [0.3, 0.4) is 0 Å². The van der Waals surface area contributed by atoms with Crippen molar-refractivity contribution < 1.29 is 4.74 Å². The normalized spacial score (nSPS) is 12.6.